The molecule has 1 aromatic heterocycles. The maximum absolute atomic E-state index is 13.6. The fraction of sp³-hybridized carbons (Fsp3) is 0.333. The smallest absolute Gasteiger partial charge is 0.254 e. The molecule has 0 saturated carbocycles. The summed E-state index contributed by atoms with van der Waals surface area (Å²) >= 11 is 1.65. The van der Waals surface area contributed by atoms with E-state index in [4.69, 9.17) is 14.2 Å². The van der Waals surface area contributed by atoms with Crippen molar-refractivity contribution in [3.63, 3.8) is 0 Å². The van der Waals surface area contributed by atoms with E-state index >= 15 is 0 Å². The molecular formula is C27H29FN2O5S. The summed E-state index contributed by atoms with van der Waals surface area (Å²) in [7, 11) is 3.09. The summed E-state index contributed by atoms with van der Waals surface area (Å²) in [6.45, 7) is 1.15. The van der Waals surface area contributed by atoms with E-state index in [0.717, 1.165) is 12.0 Å². The fourth-order valence-electron chi connectivity index (χ4n) is 4.25. The molecule has 0 aliphatic carbocycles. The molecule has 0 bridgehead atoms. The summed E-state index contributed by atoms with van der Waals surface area (Å²) in [5.74, 6) is 0.117. The maximum Gasteiger partial charge on any atom is 0.254 e. The predicted octanol–water partition coefficient (Wildman–Crippen LogP) is 4.19. The summed E-state index contributed by atoms with van der Waals surface area (Å²) < 4.78 is 30.0. The van der Waals surface area contributed by atoms with Crippen LogP contribution in [0.5, 0.6) is 11.5 Å². The summed E-state index contributed by atoms with van der Waals surface area (Å²) in [6, 6.07) is 14.5. The molecular weight excluding hydrogens is 483 g/mol. The highest BCUT2D eigenvalue weighted by Crippen LogP contribution is 2.34. The Morgan fingerprint density at radius 2 is 1.92 bits per heavy atom. The van der Waals surface area contributed by atoms with Gasteiger partial charge in [-0.05, 0) is 53.8 Å². The molecule has 4 rings (SSSR count). The minimum absolute atomic E-state index is 0.102. The molecule has 0 radical (unpaired) electrons. The average molecular weight is 513 g/mol. The van der Waals surface area contributed by atoms with Crippen LogP contribution in [0.15, 0.2) is 60.0 Å². The molecule has 1 atom stereocenters. The van der Waals surface area contributed by atoms with Crippen LogP contribution in [0.25, 0.3) is 0 Å². The maximum atomic E-state index is 13.6. The van der Waals surface area contributed by atoms with E-state index in [9.17, 15) is 14.0 Å². The quantitative estimate of drug-likeness (QED) is 0.408. The van der Waals surface area contributed by atoms with Gasteiger partial charge in [0.15, 0.2) is 0 Å². The number of carbonyl (C=O) groups is 2. The number of hydrogen-bond acceptors (Lipinski definition) is 6. The van der Waals surface area contributed by atoms with Crippen molar-refractivity contribution in [2.75, 3.05) is 47.1 Å². The Kier molecular flexibility index (Phi) is 8.56. The second kappa shape index (κ2) is 12.0. The molecule has 2 aromatic carbocycles. The van der Waals surface area contributed by atoms with Gasteiger partial charge in [-0.3, -0.25) is 9.59 Å². The van der Waals surface area contributed by atoms with Gasteiger partial charge >= 0.3 is 0 Å². The van der Waals surface area contributed by atoms with Crippen molar-refractivity contribution >= 4 is 23.2 Å². The normalized spacial score (nSPS) is 14.8. The molecule has 0 N–H and O–H groups in total. The first kappa shape index (κ1) is 25.7. The van der Waals surface area contributed by atoms with Crippen LogP contribution in [0.3, 0.4) is 0 Å². The van der Waals surface area contributed by atoms with Gasteiger partial charge in [-0.15, -0.1) is 11.3 Å². The molecule has 2 heterocycles. The van der Waals surface area contributed by atoms with Crippen LogP contribution in [-0.2, 0) is 16.0 Å². The minimum atomic E-state index is -0.384. The van der Waals surface area contributed by atoms with Crippen LogP contribution < -0.4 is 9.47 Å². The van der Waals surface area contributed by atoms with Crippen LogP contribution in [0, 0.1) is 5.82 Å². The van der Waals surface area contributed by atoms with E-state index < -0.39 is 0 Å². The second-order valence-corrected chi connectivity index (χ2v) is 9.37. The first-order chi connectivity index (χ1) is 17.5. The lowest BCUT2D eigenvalue weighted by Gasteiger charge is -2.37. The minimum Gasteiger partial charge on any atom is -0.497 e. The molecule has 0 saturated heterocycles. The van der Waals surface area contributed by atoms with Crippen molar-refractivity contribution in [1.82, 2.24) is 9.80 Å². The molecule has 3 aromatic rings. The number of methoxy groups -OCH3 is 2. The second-order valence-electron chi connectivity index (χ2n) is 8.37. The van der Waals surface area contributed by atoms with Crippen LogP contribution >= 0.6 is 11.3 Å². The lowest BCUT2D eigenvalue weighted by atomic mass is 10.0. The molecule has 0 unspecified atom stereocenters. The van der Waals surface area contributed by atoms with Gasteiger partial charge in [0.25, 0.3) is 5.91 Å². The van der Waals surface area contributed by atoms with Gasteiger partial charge in [0.1, 0.15) is 30.5 Å². The number of halogens is 1. The molecule has 190 valence electrons. The summed E-state index contributed by atoms with van der Waals surface area (Å²) in [5, 5.41) is 2.00. The van der Waals surface area contributed by atoms with Crippen LogP contribution in [0.2, 0.25) is 0 Å². The zero-order valence-corrected chi connectivity index (χ0v) is 21.1. The SMILES string of the molecule is COCCN(CC(=O)N1CCc2sccc2[C@H]1COc1cccc(F)c1)C(=O)c1cccc(OC)c1. The number of rotatable bonds is 10. The Labute approximate surface area is 214 Å². The zero-order chi connectivity index (χ0) is 25.5. The van der Waals surface area contributed by atoms with Gasteiger partial charge in [0.05, 0.1) is 19.8 Å². The van der Waals surface area contributed by atoms with E-state index in [1.165, 1.54) is 29.0 Å². The monoisotopic (exact) mass is 512 g/mol. The first-order valence-corrected chi connectivity index (χ1v) is 12.5. The number of fused-ring (bicyclic) bond motifs is 1. The van der Waals surface area contributed by atoms with Gasteiger partial charge in [-0.1, -0.05) is 12.1 Å². The Bertz CT molecular complexity index is 1200. The van der Waals surface area contributed by atoms with Crippen molar-refractivity contribution in [3.8, 4) is 11.5 Å². The predicted molar refractivity (Wildman–Crippen MR) is 135 cm³/mol. The fourth-order valence-corrected chi connectivity index (χ4v) is 5.18. The highest BCUT2D eigenvalue weighted by molar-refractivity contribution is 7.10. The number of nitrogens with zero attached hydrogens (tertiary/aromatic N) is 2. The Morgan fingerprint density at radius 1 is 1.11 bits per heavy atom. The van der Waals surface area contributed by atoms with Crippen molar-refractivity contribution in [3.05, 3.63) is 81.8 Å². The van der Waals surface area contributed by atoms with Crippen molar-refractivity contribution in [2.45, 2.75) is 12.5 Å². The van der Waals surface area contributed by atoms with Crippen LogP contribution in [0.4, 0.5) is 4.39 Å². The Morgan fingerprint density at radius 3 is 2.69 bits per heavy atom. The molecule has 2 amide bonds. The van der Waals surface area contributed by atoms with E-state index in [1.807, 2.05) is 11.4 Å². The molecule has 36 heavy (non-hydrogen) atoms. The van der Waals surface area contributed by atoms with E-state index in [0.29, 0.717) is 30.2 Å². The number of ether oxygens (including phenoxy) is 3. The van der Waals surface area contributed by atoms with Crippen molar-refractivity contribution < 1.29 is 28.2 Å². The first-order valence-electron chi connectivity index (χ1n) is 11.7. The van der Waals surface area contributed by atoms with Crippen LogP contribution in [-0.4, -0.2) is 68.7 Å². The van der Waals surface area contributed by atoms with Gasteiger partial charge in [-0.25, -0.2) is 4.39 Å². The topological polar surface area (TPSA) is 68.3 Å². The van der Waals surface area contributed by atoms with E-state index in [2.05, 4.69) is 0 Å². The molecule has 1 aliphatic heterocycles. The number of hydrogen-bond donors (Lipinski definition) is 0. The number of thiophene rings is 1. The van der Waals surface area contributed by atoms with Gasteiger partial charge < -0.3 is 24.0 Å². The number of benzene rings is 2. The third kappa shape index (κ3) is 6.03. The summed E-state index contributed by atoms with van der Waals surface area (Å²) in [5.41, 5.74) is 1.46. The number of amides is 2. The Balaban J connectivity index is 1.53. The average Bonchev–Trinajstić information content (AvgIpc) is 3.38. The third-order valence-corrected chi connectivity index (χ3v) is 7.11. The molecule has 1 aliphatic rings. The van der Waals surface area contributed by atoms with Crippen molar-refractivity contribution in [2.24, 2.45) is 0 Å². The summed E-state index contributed by atoms with van der Waals surface area (Å²) in [4.78, 5) is 31.4. The molecule has 0 spiro atoms. The highest BCUT2D eigenvalue weighted by atomic mass is 32.1. The standard InChI is InChI=1S/C27H29FN2O5S/c1-33-13-12-29(27(32)19-5-3-7-21(15-19)34-2)17-26(31)30-11-9-25-23(10-14-36-25)24(30)18-35-22-8-4-6-20(28)16-22/h3-8,10,14-16,24H,9,11-13,17-18H2,1-2H3/t24-/m1/s1. The molecule has 0 fully saturated rings. The lowest BCUT2D eigenvalue weighted by Crippen LogP contribution is -2.48. The largest absolute Gasteiger partial charge is 0.497 e. The third-order valence-electron chi connectivity index (χ3n) is 6.11. The Hall–Kier alpha value is -3.43. The van der Waals surface area contributed by atoms with Gasteiger partial charge in [0, 0.05) is 36.7 Å². The van der Waals surface area contributed by atoms with Gasteiger partial charge in [0.2, 0.25) is 5.91 Å². The van der Waals surface area contributed by atoms with Crippen LogP contribution in [0.1, 0.15) is 26.8 Å². The molecule has 7 nitrogen and oxygen atoms in total. The van der Waals surface area contributed by atoms with Crippen molar-refractivity contribution in [1.29, 1.82) is 0 Å². The lowest BCUT2D eigenvalue weighted by molar-refractivity contribution is -0.135. The number of carbonyl (C=O) groups excluding carboxylic acids is 2. The summed E-state index contributed by atoms with van der Waals surface area (Å²) in [6.07, 6.45) is 0.733. The van der Waals surface area contributed by atoms with E-state index in [1.54, 1.807) is 59.7 Å². The highest BCUT2D eigenvalue weighted by Gasteiger charge is 2.33. The van der Waals surface area contributed by atoms with Gasteiger partial charge in [-0.2, -0.15) is 0 Å². The van der Waals surface area contributed by atoms with E-state index in [-0.39, 0.29) is 43.4 Å². The zero-order valence-electron chi connectivity index (χ0n) is 20.3. The molecule has 9 heteroatoms.